The van der Waals surface area contributed by atoms with Crippen LogP contribution in [0.4, 0.5) is 11.4 Å². The Morgan fingerprint density at radius 2 is 2.20 bits per heavy atom. The van der Waals surface area contributed by atoms with Gasteiger partial charge in [0.05, 0.1) is 4.92 Å². The van der Waals surface area contributed by atoms with Crippen LogP contribution in [0.1, 0.15) is 36.5 Å². The fourth-order valence-electron chi connectivity index (χ4n) is 2.19. The Labute approximate surface area is 117 Å². The molecule has 1 aliphatic rings. The van der Waals surface area contributed by atoms with E-state index in [0.29, 0.717) is 23.7 Å². The van der Waals surface area contributed by atoms with Crippen LogP contribution >= 0.6 is 0 Å². The lowest BCUT2D eigenvalue weighted by molar-refractivity contribution is -0.384. The second kappa shape index (κ2) is 6.36. The van der Waals surface area contributed by atoms with Crippen LogP contribution in [0, 0.1) is 16.0 Å². The molecule has 0 spiro atoms. The summed E-state index contributed by atoms with van der Waals surface area (Å²) in [5.74, 6) is 0.318. The Hall–Kier alpha value is -2.11. The highest BCUT2D eigenvalue weighted by Gasteiger charge is 2.20. The number of rotatable bonds is 6. The predicted octanol–water partition coefficient (Wildman–Crippen LogP) is 2.56. The van der Waals surface area contributed by atoms with Gasteiger partial charge in [-0.05, 0) is 37.8 Å². The van der Waals surface area contributed by atoms with Gasteiger partial charge in [0.25, 0.3) is 11.6 Å². The van der Waals surface area contributed by atoms with E-state index in [1.807, 2.05) is 0 Å². The Balaban J connectivity index is 2.14. The molecule has 0 unspecified atom stereocenters. The summed E-state index contributed by atoms with van der Waals surface area (Å²) in [6.45, 7) is 3.05. The van der Waals surface area contributed by atoms with Crippen molar-refractivity contribution in [1.82, 2.24) is 5.32 Å². The second-order valence-electron chi connectivity index (χ2n) is 5.03. The van der Waals surface area contributed by atoms with Gasteiger partial charge < -0.3 is 10.6 Å². The van der Waals surface area contributed by atoms with Crippen molar-refractivity contribution in [2.24, 2.45) is 5.92 Å². The van der Waals surface area contributed by atoms with E-state index in [9.17, 15) is 14.9 Å². The number of carbonyl (C=O) groups excluding carboxylic acids is 1. The van der Waals surface area contributed by atoms with Gasteiger partial charge in [-0.25, -0.2) is 0 Å². The topological polar surface area (TPSA) is 84.3 Å². The summed E-state index contributed by atoms with van der Waals surface area (Å²) >= 11 is 0. The number of nitro groups is 1. The molecule has 1 amide bonds. The van der Waals surface area contributed by atoms with E-state index in [-0.39, 0.29) is 11.6 Å². The molecule has 2 rings (SSSR count). The average molecular weight is 277 g/mol. The zero-order chi connectivity index (χ0) is 14.5. The van der Waals surface area contributed by atoms with Crippen molar-refractivity contribution in [3.8, 4) is 0 Å². The molecule has 0 atom stereocenters. The third kappa shape index (κ3) is 3.26. The average Bonchev–Trinajstić information content (AvgIpc) is 2.37. The van der Waals surface area contributed by atoms with Crippen LogP contribution in [0.5, 0.6) is 0 Å². The monoisotopic (exact) mass is 277 g/mol. The number of anilines is 1. The summed E-state index contributed by atoms with van der Waals surface area (Å²) < 4.78 is 0. The molecule has 0 radical (unpaired) electrons. The summed E-state index contributed by atoms with van der Waals surface area (Å²) in [7, 11) is 0. The maximum Gasteiger partial charge on any atom is 0.293 e. The first-order chi connectivity index (χ1) is 9.61. The number of nitrogens with zero attached hydrogens (tertiary/aromatic N) is 1. The largest absolute Gasteiger partial charge is 0.379 e. The minimum atomic E-state index is -0.453. The molecule has 6 nitrogen and oxygen atoms in total. The van der Waals surface area contributed by atoms with Gasteiger partial charge in [0.2, 0.25) is 0 Å². The standard InChI is InChI=1S/C14H19N3O3/c1-2-15-14(18)11-6-7-12(13(8-11)17(19)20)16-9-10-4-3-5-10/h6-8,10,16H,2-5,9H2,1H3,(H,15,18). The summed E-state index contributed by atoms with van der Waals surface area (Å²) in [5.41, 5.74) is 0.746. The van der Waals surface area contributed by atoms with Gasteiger partial charge in [-0.3, -0.25) is 14.9 Å². The molecule has 1 fully saturated rings. The third-order valence-corrected chi connectivity index (χ3v) is 3.60. The number of amides is 1. The van der Waals surface area contributed by atoms with Crippen LogP contribution in [-0.2, 0) is 0 Å². The molecular formula is C14H19N3O3. The number of benzene rings is 1. The highest BCUT2D eigenvalue weighted by molar-refractivity contribution is 5.95. The molecule has 1 aromatic carbocycles. The van der Waals surface area contributed by atoms with Crippen LogP contribution in [0.3, 0.4) is 0 Å². The van der Waals surface area contributed by atoms with Gasteiger partial charge in [-0.2, -0.15) is 0 Å². The van der Waals surface area contributed by atoms with Gasteiger partial charge in [0.1, 0.15) is 5.69 Å². The third-order valence-electron chi connectivity index (χ3n) is 3.60. The quantitative estimate of drug-likeness (QED) is 0.618. The number of nitro benzene ring substituents is 1. The van der Waals surface area contributed by atoms with Crippen molar-refractivity contribution in [2.45, 2.75) is 26.2 Å². The number of nitrogens with one attached hydrogen (secondary N) is 2. The van der Waals surface area contributed by atoms with E-state index in [1.54, 1.807) is 19.1 Å². The van der Waals surface area contributed by atoms with Crippen molar-refractivity contribution in [3.05, 3.63) is 33.9 Å². The molecule has 1 saturated carbocycles. The lowest BCUT2D eigenvalue weighted by Gasteiger charge is -2.25. The number of carbonyl (C=O) groups is 1. The van der Waals surface area contributed by atoms with Crippen LogP contribution in [-0.4, -0.2) is 23.9 Å². The fourth-order valence-corrected chi connectivity index (χ4v) is 2.19. The van der Waals surface area contributed by atoms with Crippen LogP contribution in [0.15, 0.2) is 18.2 Å². The minimum Gasteiger partial charge on any atom is -0.379 e. The van der Waals surface area contributed by atoms with E-state index in [1.165, 1.54) is 25.3 Å². The molecule has 108 valence electrons. The molecular weight excluding hydrogens is 258 g/mol. The molecule has 0 aromatic heterocycles. The highest BCUT2D eigenvalue weighted by atomic mass is 16.6. The molecule has 20 heavy (non-hydrogen) atoms. The molecule has 0 heterocycles. The fraction of sp³-hybridized carbons (Fsp3) is 0.500. The number of hydrogen-bond donors (Lipinski definition) is 2. The van der Waals surface area contributed by atoms with E-state index >= 15 is 0 Å². The van der Waals surface area contributed by atoms with Crippen molar-refractivity contribution in [1.29, 1.82) is 0 Å². The predicted molar refractivity (Wildman–Crippen MR) is 76.9 cm³/mol. The van der Waals surface area contributed by atoms with E-state index in [2.05, 4.69) is 10.6 Å². The lowest BCUT2D eigenvalue weighted by atomic mass is 9.85. The minimum absolute atomic E-state index is 0.0481. The Morgan fingerprint density at radius 1 is 1.45 bits per heavy atom. The smallest absolute Gasteiger partial charge is 0.293 e. The summed E-state index contributed by atoms with van der Waals surface area (Å²) in [4.78, 5) is 22.4. The first kappa shape index (κ1) is 14.3. The molecule has 6 heteroatoms. The van der Waals surface area contributed by atoms with Gasteiger partial charge in [-0.15, -0.1) is 0 Å². The van der Waals surface area contributed by atoms with Crippen LogP contribution in [0.2, 0.25) is 0 Å². The molecule has 1 aromatic rings. The van der Waals surface area contributed by atoms with Gasteiger partial charge in [0.15, 0.2) is 0 Å². The lowest BCUT2D eigenvalue weighted by Crippen LogP contribution is -2.23. The van der Waals surface area contributed by atoms with Gasteiger partial charge in [-0.1, -0.05) is 6.42 Å². The maximum atomic E-state index is 11.7. The molecule has 0 aliphatic heterocycles. The molecule has 2 N–H and O–H groups in total. The maximum absolute atomic E-state index is 11.7. The second-order valence-corrected chi connectivity index (χ2v) is 5.03. The van der Waals surface area contributed by atoms with E-state index in [4.69, 9.17) is 0 Å². The van der Waals surface area contributed by atoms with E-state index < -0.39 is 4.92 Å². The molecule has 0 saturated heterocycles. The van der Waals surface area contributed by atoms with Crippen molar-refractivity contribution in [3.63, 3.8) is 0 Å². The Morgan fingerprint density at radius 3 is 2.75 bits per heavy atom. The van der Waals surface area contributed by atoms with Gasteiger partial charge >= 0.3 is 0 Å². The number of hydrogen-bond acceptors (Lipinski definition) is 4. The Bertz CT molecular complexity index is 512. The van der Waals surface area contributed by atoms with Crippen LogP contribution in [0.25, 0.3) is 0 Å². The zero-order valence-corrected chi connectivity index (χ0v) is 11.5. The summed E-state index contributed by atoms with van der Waals surface area (Å²) in [6, 6.07) is 4.55. The highest BCUT2D eigenvalue weighted by Crippen LogP contribution is 2.29. The van der Waals surface area contributed by atoms with Crippen LogP contribution < -0.4 is 10.6 Å². The first-order valence-corrected chi connectivity index (χ1v) is 6.92. The summed E-state index contributed by atoms with van der Waals surface area (Å²) in [5, 5.41) is 16.9. The van der Waals surface area contributed by atoms with E-state index in [0.717, 1.165) is 6.54 Å². The molecule has 1 aliphatic carbocycles. The Kier molecular flexibility index (Phi) is 4.55. The summed E-state index contributed by atoms with van der Waals surface area (Å²) in [6.07, 6.45) is 3.60. The van der Waals surface area contributed by atoms with Crippen molar-refractivity contribution in [2.75, 3.05) is 18.4 Å². The van der Waals surface area contributed by atoms with Crippen molar-refractivity contribution < 1.29 is 9.72 Å². The van der Waals surface area contributed by atoms with Gasteiger partial charge in [0, 0.05) is 24.7 Å². The SMILES string of the molecule is CCNC(=O)c1ccc(NCC2CCC2)c([N+](=O)[O-])c1. The molecule has 0 bridgehead atoms. The zero-order valence-electron chi connectivity index (χ0n) is 11.5. The van der Waals surface area contributed by atoms with Crippen molar-refractivity contribution >= 4 is 17.3 Å². The first-order valence-electron chi connectivity index (χ1n) is 6.92. The normalized spacial score (nSPS) is 14.4.